The molecule has 12 heteroatoms. The zero-order valence-electron chi connectivity index (χ0n) is 15.8. The van der Waals surface area contributed by atoms with Gasteiger partial charge in [0.15, 0.2) is 5.13 Å². The monoisotopic (exact) mass is 464 g/mol. The van der Waals surface area contributed by atoms with Crippen molar-refractivity contribution in [2.75, 3.05) is 22.6 Å². The summed E-state index contributed by atoms with van der Waals surface area (Å²) in [6.07, 6.45) is 2.79. The van der Waals surface area contributed by atoms with Gasteiger partial charge in [-0.1, -0.05) is 12.1 Å². The summed E-state index contributed by atoms with van der Waals surface area (Å²) in [6.45, 7) is 0. The van der Waals surface area contributed by atoms with Crippen LogP contribution in [-0.4, -0.2) is 36.7 Å². The van der Waals surface area contributed by atoms with E-state index in [2.05, 4.69) is 15.0 Å². The zero-order valence-corrected chi connectivity index (χ0v) is 18.2. The van der Waals surface area contributed by atoms with E-state index in [1.165, 1.54) is 41.3 Å². The number of anilines is 2. The fraction of sp³-hybridized carbons (Fsp3) is 0.111. The second kappa shape index (κ2) is 8.81. The Morgan fingerprint density at radius 3 is 2.50 bits per heavy atom. The summed E-state index contributed by atoms with van der Waals surface area (Å²) in [5, 5.41) is 15.9. The van der Waals surface area contributed by atoms with Crippen LogP contribution in [0.15, 0.2) is 52.7 Å². The van der Waals surface area contributed by atoms with Crippen molar-refractivity contribution in [3.8, 4) is 11.3 Å². The molecule has 2 N–H and O–H groups in total. The molecule has 0 saturated carbocycles. The Morgan fingerprint density at radius 2 is 1.90 bits per heavy atom. The number of nitrogens with zero attached hydrogens (tertiary/aromatic N) is 2. The van der Waals surface area contributed by atoms with E-state index >= 15 is 0 Å². The lowest BCUT2D eigenvalue weighted by Gasteiger charge is -2.05. The van der Waals surface area contributed by atoms with Gasteiger partial charge in [0.25, 0.3) is 11.6 Å². The highest BCUT2D eigenvalue weighted by molar-refractivity contribution is 7.98. The lowest BCUT2D eigenvalue weighted by molar-refractivity contribution is -0.387. The molecule has 9 nitrogen and oxygen atoms in total. The van der Waals surface area contributed by atoms with Crippen LogP contribution in [0.4, 0.5) is 16.5 Å². The number of sulfonamides is 1. The third kappa shape index (κ3) is 5.34. The molecule has 0 spiro atoms. The van der Waals surface area contributed by atoms with Gasteiger partial charge in [0.2, 0.25) is 10.0 Å². The van der Waals surface area contributed by atoms with E-state index in [1.54, 1.807) is 35.9 Å². The number of amides is 1. The number of hydrogen-bond donors (Lipinski definition) is 2. The van der Waals surface area contributed by atoms with Crippen molar-refractivity contribution in [1.82, 2.24) is 4.98 Å². The van der Waals surface area contributed by atoms with Crippen LogP contribution < -0.4 is 10.0 Å². The summed E-state index contributed by atoms with van der Waals surface area (Å²) in [4.78, 5) is 28.0. The van der Waals surface area contributed by atoms with Gasteiger partial charge in [-0.15, -0.1) is 23.1 Å². The highest BCUT2D eigenvalue weighted by atomic mass is 32.2. The summed E-state index contributed by atoms with van der Waals surface area (Å²) in [6, 6.07) is 10.9. The predicted octanol–water partition coefficient (Wildman–Crippen LogP) is 4.06. The van der Waals surface area contributed by atoms with E-state index in [0.717, 1.165) is 11.8 Å². The van der Waals surface area contributed by atoms with Gasteiger partial charge in [0.1, 0.15) is 0 Å². The zero-order chi connectivity index (χ0) is 21.9. The van der Waals surface area contributed by atoms with Gasteiger partial charge in [-0.2, -0.15) is 0 Å². The first-order valence-electron chi connectivity index (χ1n) is 8.34. The molecule has 1 aromatic heterocycles. The van der Waals surface area contributed by atoms with Crippen LogP contribution in [-0.2, 0) is 10.0 Å². The first-order valence-corrected chi connectivity index (χ1v) is 12.3. The fourth-order valence-corrected chi connectivity index (χ4v) is 4.36. The number of carbonyl (C=O) groups excluding carboxylic acids is 1. The third-order valence-electron chi connectivity index (χ3n) is 3.85. The number of thioether (sulfide) groups is 1. The molecule has 0 bridgehead atoms. The van der Waals surface area contributed by atoms with Crippen LogP contribution in [0.2, 0.25) is 0 Å². The van der Waals surface area contributed by atoms with Crippen molar-refractivity contribution < 1.29 is 18.1 Å². The number of rotatable bonds is 7. The van der Waals surface area contributed by atoms with Crippen molar-refractivity contribution in [3.05, 3.63) is 63.5 Å². The summed E-state index contributed by atoms with van der Waals surface area (Å²) in [5.74, 6) is -0.501. The minimum atomic E-state index is -3.36. The van der Waals surface area contributed by atoms with Gasteiger partial charge in [-0.25, -0.2) is 13.4 Å². The van der Waals surface area contributed by atoms with Crippen molar-refractivity contribution in [2.24, 2.45) is 0 Å². The largest absolute Gasteiger partial charge is 0.298 e. The van der Waals surface area contributed by atoms with Crippen LogP contribution in [0.3, 0.4) is 0 Å². The number of aromatic nitrogens is 1. The predicted molar refractivity (Wildman–Crippen MR) is 119 cm³/mol. The average molecular weight is 465 g/mol. The number of carbonyl (C=O) groups is 1. The normalized spacial score (nSPS) is 11.1. The van der Waals surface area contributed by atoms with Gasteiger partial charge in [0.05, 0.1) is 21.8 Å². The van der Waals surface area contributed by atoms with Gasteiger partial charge >= 0.3 is 0 Å². The maximum absolute atomic E-state index is 12.5. The van der Waals surface area contributed by atoms with E-state index < -0.39 is 20.9 Å². The molecular formula is C18H16N4O5S3. The quantitative estimate of drug-likeness (QED) is 0.306. The maximum Gasteiger partial charge on any atom is 0.283 e. The summed E-state index contributed by atoms with van der Waals surface area (Å²) in [7, 11) is -3.36. The maximum atomic E-state index is 12.5. The molecule has 30 heavy (non-hydrogen) atoms. The van der Waals surface area contributed by atoms with Gasteiger partial charge in [0, 0.05) is 28.3 Å². The Bertz CT molecular complexity index is 1210. The van der Waals surface area contributed by atoms with Crippen LogP contribution in [0.25, 0.3) is 11.3 Å². The van der Waals surface area contributed by atoms with Crippen molar-refractivity contribution in [1.29, 1.82) is 0 Å². The molecule has 0 saturated heterocycles. The molecule has 1 heterocycles. The molecule has 1 amide bonds. The number of nitro benzene ring substituents is 1. The van der Waals surface area contributed by atoms with Crippen LogP contribution in [0, 0.1) is 10.1 Å². The molecule has 156 valence electrons. The molecule has 0 aliphatic carbocycles. The number of thiazole rings is 1. The molecule has 2 aromatic carbocycles. The number of nitrogens with one attached hydrogen (secondary N) is 2. The standard InChI is InChI=1S/C18H16N4O5S3/c1-28-16-8-5-12(9-15(16)22(24)25)17(23)20-18-19-14(10-29-18)11-3-6-13(7-4-11)21-30(2,26)27/h3-10,21H,1-2H3,(H,19,20,23). The lowest BCUT2D eigenvalue weighted by Crippen LogP contribution is -2.12. The first kappa shape index (κ1) is 21.7. The molecule has 0 aliphatic heterocycles. The van der Waals surface area contributed by atoms with Crippen LogP contribution in [0.1, 0.15) is 10.4 Å². The molecule has 0 unspecified atom stereocenters. The Morgan fingerprint density at radius 1 is 1.20 bits per heavy atom. The van der Waals surface area contributed by atoms with E-state index in [1.807, 2.05) is 0 Å². The highest BCUT2D eigenvalue weighted by Gasteiger charge is 2.18. The van der Waals surface area contributed by atoms with E-state index in [4.69, 9.17) is 0 Å². The van der Waals surface area contributed by atoms with Crippen molar-refractivity contribution in [3.63, 3.8) is 0 Å². The topological polar surface area (TPSA) is 131 Å². The molecule has 0 aliphatic rings. The molecule has 0 atom stereocenters. The molecule has 0 radical (unpaired) electrons. The Hall–Kier alpha value is -2.96. The van der Waals surface area contributed by atoms with Gasteiger partial charge in [-0.05, 0) is 30.5 Å². The smallest absolute Gasteiger partial charge is 0.283 e. The molecule has 0 fully saturated rings. The third-order valence-corrected chi connectivity index (χ3v) is 6.00. The summed E-state index contributed by atoms with van der Waals surface area (Å²) >= 11 is 2.44. The van der Waals surface area contributed by atoms with E-state index in [9.17, 15) is 23.3 Å². The van der Waals surface area contributed by atoms with E-state index in [0.29, 0.717) is 21.4 Å². The highest BCUT2D eigenvalue weighted by Crippen LogP contribution is 2.30. The summed E-state index contributed by atoms with van der Waals surface area (Å²) < 4.78 is 24.9. The fourth-order valence-electron chi connectivity index (χ4n) is 2.53. The molecular weight excluding hydrogens is 448 g/mol. The second-order valence-electron chi connectivity index (χ2n) is 6.09. The van der Waals surface area contributed by atoms with Crippen molar-refractivity contribution >= 4 is 55.5 Å². The Balaban J connectivity index is 1.75. The van der Waals surface area contributed by atoms with Crippen molar-refractivity contribution in [2.45, 2.75) is 4.90 Å². The van der Waals surface area contributed by atoms with Gasteiger partial charge in [-0.3, -0.25) is 24.9 Å². The first-order chi connectivity index (χ1) is 14.2. The Kier molecular flexibility index (Phi) is 6.39. The number of hydrogen-bond acceptors (Lipinski definition) is 8. The second-order valence-corrected chi connectivity index (χ2v) is 9.54. The number of nitro groups is 1. The SMILES string of the molecule is CSc1ccc(C(=O)Nc2nc(-c3ccc(NS(C)(=O)=O)cc3)cs2)cc1[N+](=O)[O-]. The molecule has 3 aromatic rings. The van der Waals surface area contributed by atoms with Crippen LogP contribution in [0.5, 0.6) is 0 Å². The minimum absolute atomic E-state index is 0.127. The average Bonchev–Trinajstić information content (AvgIpc) is 3.15. The lowest BCUT2D eigenvalue weighted by atomic mass is 10.1. The number of benzene rings is 2. The minimum Gasteiger partial charge on any atom is -0.298 e. The summed E-state index contributed by atoms with van der Waals surface area (Å²) in [5.41, 5.74) is 1.81. The van der Waals surface area contributed by atoms with Crippen LogP contribution >= 0.6 is 23.1 Å². The Labute approximate surface area is 180 Å². The molecule has 3 rings (SSSR count). The van der Waals surface area contributed by atoms with Gasteiger partial charge < -0.3 is 0 Å². The van der Waals surface area contributed by atoms with E-state index in [-0.39, 0.29) is 11.3 Å².